The number of esters is 1. The summed E-state index contributed by atoms with van der Waals surface area (Å²) in [6.45, 7) is 1.88. The summed E-state index contributed by atoms with van der Waals surface area (Å²) in [4.78, 5) is 21.9. The number of nitrogens with one attached hydrogen (secondary N) is 1. The maximum atomic E-state index is 13.3. The van der Waals surface area contributed by atoms with Crippen molar-refractivity contribution in [2.45, 2.75) is 13.3 Å². The van der Waals surface area contributed by atoms with Gasteiger partial charge in [0.2, 0.25) is 5.91 Å². The van der Waals surface area contributed by atoms with Crippen LogP contribution in [-0.2, 0) is 9.53 Å². The van der Waals surface area contributed by atoms with Crippen molar-refractivity contribution in [3.63, 3.8) is 0 Å². The van der Waals surface area contributed by atoms with Crippen LogP contribution in [0.2, 0.25) is 0 Å². The Hall–Kier alpha value is -2.35. The summed E-state index contributed by atoms with van der Waals surface area (Å²) in [7, 11) is 1.19. The van der Waals surface area contributed by atoms with Crippen LogP contribution in [0, 0.1) is 17.7 Å². The van der Waals surface area contributed by atoms with Crippen LogP contribution in [-0.4, -0.2) is 25.5 Å². The van der Waals surface area contributed by atoms with E-state index in [0.717, 1.165) is 0 Å². The first-order chi connectivity index (χ1) is 9.04. The molecule has 1 aromatic carbocycles. The first-order valence-corrected chi connectivity index (χ1v) is 5.65. The average Bonchev–Trinajstić information content (AvgIpc) is 2.39. The van der Waals surface area contributed by atoms with Gasteiger partial charge in [-0.15, -0.1) is 0 Å². The van der Waals surface area contributed by atoms with Gasteiger partial charge in [0.15, 0.2) is 0 Å². The van der Waals surface area contributed by atoms with Crippen molar-refractivity contribution in [3.8, 4) is 11.8 Å². The van der Waals surface area contributed by atoms with E-state index in [1.807, 2.05) is 0 Å². The minimum Gasteiger partial charge on any atom is -0.465 e. The van der Waals surface area contributed by atoms with E-state index in [0.29, 0.717) is 18.5 Å². The molecule has 0 aliphatic heterocycles. The second kappa shape index (κ2) is 7.17. The lowest BCUT2D eigenvalue weighted by atomic mass is 10.1. The van der Waals surface area contributed by atoms with Crippen molar-refractivity contribution in [1.82, 2.24) is 5.32 Å². The standard InChI is InChI=1S/C14H14FNO3/c1-10(17)16-8-4-3-5-11-6-7-13(15)12(9-11)14(18)19-2/h6-7,9H,4,8H2,1-2H3,(H,16,17). The normalized spacial score (nSPS) is 9.21. The monoisotopic (exact) mass is 263 g/mol. The minimum absolute atomic E-state index is 0.114. The van der Waals surface area contributed by atoms with Crippen LogP contribution in [0.15, 0.2) is 18.2 Å². The number of carbonyl (C=O) groups is 2. The molecule has 0 aromatic heterocycles. The van der Waals surface area contributed by atoms with Crippen molar-refractivity contribution < 1.29 is 18.7 Å². The van der Waals surface area contributed by atoms with Crippen molar-refractivity contribution in [2.24, 2.45) is 0 Å². The lowest BCUT2D eigenvalue weighted by Crippen LogP contribution is -2.20. The Morgan fingerprint density at radius 1 is 1.42 bits per heavy atom. The molecule has 0 saturated carbocycles. The maximum absolute atomic E-state index is 13.3. The Kier molecular flexibility index (Phi) is 5.55. The van der Waals surface area contributed by atoms with Crippen LogP contribution in [0.3, 0.4) is 0 Å². The quantitative estimate of drug-likeness (QED) is 0.510. The number of carbonyl (C=O) groups excluding carboxylic acids is 2. The molecule has 100 valence electrons. The van der Waals surface area contributed by atoms with Gasteiger partial charge < -0.3 is 10.1 Å². The van der Waals surface area contributed by atoms with E-state index in [9.17, 15) is 14.0 Å². The molecule has 0 bridgehead atoms. The van der Waals surface area contributed by atoms with Gasteiger partial charge in [0.25, 0.3) is 0 Å². The molecule has 19 heavy (non-hydrogen) atoms. The topological polar surface area (TPSA) is 55.4 Å². The zero-order valence-electron chi connectivity index (χ0n) is 10.7. The van der Waals surface area contributed by atoms with E-state index < -0.39 is 11.8 Å². The summed E-state index contributed by atoms with van der Waals surface area (Å²) in [5.74, 6) is 4.12. The largest absolute Gasteiger partial charge is 0.465 e. The molecular formula is C14H14FNO3. The number of hydrogen-bond acceptors (Lipinski definition) is 3. The zero-order chi connectivity index (χ0) is 14.3. The van der Waals surface area contributed by atoms with E-state index in [4.69, 9.17) is 0 Å². The highest BCUT2D eigenvalue weighted by atomic mass is 19.1. The molecule has 0 fully saturated rings. The second-order valence-corrected chi connectivity index (χ2v) is 3.72. The van der Waals surface area contributed by atoms with Crippen molar-refractivity contribution >= 4 is 11.9 Å². The highest BCUT2D eigenvalue weighted by Crippen LogP contribution is 2.11. The van der Waals surface area contributed by atoms with E-state index in [1.54, 1.807) is 0 Å². The third-order valence-electron chi connectivity index (χ3n) is 2.23. The average molecular weight is 263 g/mol. The van der Waals surface area contributed by atoms with E-state index >= 15 is 0 Å². The molecule has 1 amide bonds. The Morgan fingerprint density at radius 2 is 2.16 bits per heavy atom. The fourth-order valence-electron chi connectivity index (χ4n) is 1.34. The van der Waals surface area contributed by atoms with Gasteiger partial charge in [-0.05, 0) is 18.2 Å². The van der Waals surface area contributed by atoms with E-state index in [1.165, 1.54) is 32.2 Å². The minimum atomic E-state index is -0.737. The van der Waals surface area contributed by atoms with Gasteiger partial charge in [-0.3, -0.25) is 4.79 Å². The third-order valence-corrected chi connectivity index (χ3v) is 2.23. The molecule has 0 unspecified atom stereocenters. The molecular weight excluding hydrogens is 249 g/mol. The van der Waals surface area contributed by atoms with Gasteiger partial charge in [-0.1, -0.05) is 11.8 Å². The summed E-state index contributed by atoms with van der Waals surface area (Å²) in [6.07, 6.45) is 0.477. The SMILES string of the molecule is COC(=O)c1cc(C#CCCNC(C)=O)ccc1F. The molecule has 0 aliphatic rings. The zero-order valence-corrected chi connectivity index (χ0v) is 10.7. The number of amides is 1. The molecule has 0 atom stereocenters. The van der Waals surface area contributed by atoms with Gasteiger partial charge in [0, 0.05) is 25.5 Å². The number of rotatable bonds is 3. The van der Waals surface area contributed by atoms with Crippen LogP contribution < -0.4 is 5.32 Å². The predicted octanol–water partition coefficient (Wildman–Crippen LogP) is 1.49. The van der Waals surface area contributed by atoms with Crippen LogP contribution >= 0.6 is 0 Å². The van der Waals surface area contributed by atoms with Crippen LogP contribution in [0.1, 0.15) is 29.3 Å². The van der Waals surface area contributed by atoms with Crippen molar-refractivity contribution in [1.29, 1.82) is 0 Å². The summed E-state index contributed by atoms with van der Waals surface area (Å²) in [6, 6.07) is 3.99. The molecule has 0 radical (unpaired) electrons. The van der Waals surface area contributed by atoms with Gasteiger partial charge in [-0.2, -0.15) is 0 Å². The first kappa shape index (κ1) is 14.7. The second-order valence-electron chi connectivity index (χ2n) is 3.72. The number of methoxy groups -OCH3 is 1. The highest BCUT2D eigenvalue weighted by molar-refractivity contribution is 5.90. The molecule has 1 rings (SSSR count). The van der Waals surface area contributed by atoms with Crippen LogP contribution in [0.4, 0.5) is 4.39 Å². The van der Waals surface area contributed by atoms with Gasteiger partial charge >= 0.3 is 5.97 Å². The van der Waals surface area contributed by atoms with Crippen molar-refractivity contribution in [3.05, 3.63) is 35.1 Å². The molecule has 0 saturated heterocycles. The summed E-state index contributed by atoms with van der Waals surface area (Å²) in [5.41, 5.74) is 0.376. The molecule has 5 heteroatoms. The van der Waals surface area contributed by atoms with Gasteiger partial charge in [-0.25, -0.2) is 9.18 Å². The number of ether oxygens (including phenoxy) is 1. The first-order valence-electron chi connectivity index (χ1n) is 5.65. The molecule has 0 spiro atoms. The fraction of sp³-hybridized carbons (Fsp3) is 0.286. The van der Waals surface area contributed by atoms with Gasteiger partial charge in [0.1, 0.15) is 5.82 Å². The number of benzene rings is 1. The molecule has 0 aliphatic carbocycles. The summed E-state index contributed by atoms with van der Waals surface area (Å²) < 4.78 is 17.8. The molecule has 1 aromatic rings. The predicted molar refractivity (Wildman–Crippen MR) is 67.9 cm³/mol. The Bertz CT molecular complexity index is 543. The smallest absolute Gasteiger partial charge is 0.340 e. The highest BCUT2D eigenvalue weighted by Gasteiger charge is 2.11. The van der Waals surface area contributed by atoms with Crippen LogP contribution in [0.25, 0.3) is 0 Å². The summed E-state index contributed by atoms with van der Waals surface area (Å²) in [5, 5.41) is 2.60. The van der Waals surface area contributed by atoms with E-state index in [2.05, 4.69) is 21.9 Å². The maximum Gasteiger partial charge on any atom is 0.340 e. The Labute approximate surface area is 111 Å². The lowest BCUT2D eigenvalue weighted by molar-refractivity contribution is -0.118. The Balaban J connectivity index is 2.72. The molecule has 0 heterocycles. The number of hydrogen-bond donors (Lipinski definition) is 1. The fourth-order valence-corrected chi connectivity index (χ4v) is 1.34. The molecule has 1 N–H and O–H groups in total. The van der Waals surface area contributed by atoms with Crippen LogP contribution in [0.5, 0.6) is 0 Å². The third kappa shape index (κ3) is 4.80. The Morgan fingerprint density at radius 3 is 2.79 bits per heavy atom. The lowest BCUT2D eigenvalue weighted by Gasteiger charge is -2.01. The summed E-state index contributed by atoms with van der Waals surface area (Å²) >= 11 is 0. The van der Waals surface area contributed by atoms with Crippen molar-refractivity contribution in [2.75, 3.05) is 13.7 Å². The van der Waals surface area contributed by atoms with E-state index in [-0.39, 0.29) is 11.5 Å². The number of halogens is 1. The van der Waals surface area contributed by atoms with Gasteiger partial charge in [0.05, 0.1) is 12.7 Å². The molecule has 4 nitrogen and oxygen atoms in total.